The lowest BCUT2D eigenvalue weighted by atomic mass is 10.0. The maximum Gasteiger partial charge on any atom is 0.240 e. The second-order valence-electron chi connectivity index (χ2n) is 7.48. The zero-order chi connectivity index (χ0) is 20.2. The van der Waals surface area contributed by atoms with E-state index in [4.69, 9.17) is 4.74 Å². The second-order valence-corrected chi connectivity index (χ2v) is 7.48. The lowest BCUT2D eigenvalue weighted by Crippen LogP contribution is -2.51. The van der Waals surface area contributed by atoms with Crippen LogP contribution in [0.3, 0.4) is 0 Å². The van der Waals surface area contributed by atoms with Crippen LogP contribution in [0.2, 0.25) is 0 Å². The van der Waals surface area contributed by atoms with Gasteiger partial charge < -0.3 is 15.0 Å². The third-order valence-electron chi connectivity index (χ3n) is 5.38. The number of nitrogens with one attached hydrogen (secondary N) is 1. The van der Waals surface area contributed by atoms with Crippen LogP contribution < -0.4 is 5.32 Å². The minimum Gasteiger partial charge on any atom is -0.378 e. The van der Waals surface area contributed by atoms with Crippen molar-refractivity contribution in [2.24, 2.45) is 7.05 Å². The molecule has 7 heteroatoms. The number of ether oxygens (including phenoxy) is 1. The summed E-state index contributed by atoms with van der Waals surface area (Å²) in [5.74, 6) is 0.128. The van der Waals surface area contributed by atoms with Crippen molar-refractivity contribution >= 4 is 16.9 Å². The highest BCUT2D eigenvalue weighted by atomic mass is 16.5. The summed E-state index contributed by atoms with van der Waals surface area (Å²) < 4.78 is 7.19. The van der Waals surface area contributed by atoms with Gasteiger partial charge in [0.05, 0.1) is 24.9 Å². The molecule has 1 atom stereocenters. The van der Waals surface area contributed by atoms with Crippen LogP contribution in [0, 0.1) is 6.92 Å². The number of benzene rings is 1. The van der Waals surface area contributed by atoms with Crippen molar-refractivity contribution in [3.05, 3.63) is 59.4 Å². The molecular weight excluding hydrogens is 366 g/mol. The first-order chi connectivity index (χ1) is 14.1. The molecular formula is C22H27N5O2. The monoisotopic (exact) mass is 393 g/mol. The van der Waals surface area contributed by atoms with Crippen molar-refractivity contribution in [3.63, 3.8) is 0 Å². The van der Waals surface area contributed by atoms with E-state index < -0.39 is 0 Å². The molecule has 1 unspecified atom stereocenters. The summed E-state index contributed by atoms with van der Waals surface area (Å²) in [7, 11) is 1.90. The smallest absolute Gasteiger partial charge is 0.240 e. The van der Waals surface area contributed by atoms with Crippen molar-refractivity contribution in [3.8, 4) is 0 Å². The summed E-state index contributed by atoms with van der Waals surface area (Å²) >= 11 is 0. The quantitative estimate of drug-likeness (QED) is 0.692. The van der Waals surface area contributed by atoms with Crippen LogP contribution in [0.15, 0.2) is 42.6 Å². The normalized spacial score (nSPS) is 15.6. The van der Waals surface area contributed by atoms with Crippen LogP contribution >= 0.6 is 0 Å². The predicted octanol–water partition coefficient (Wildman–Crippen LogP) is 1.84. The number of pyridine rings is 1. The molecule has 0 bridgehead atoms. The maximum absolute atomic E-state index is 13.2. The lowest BCUT2D eigenvalue weighted by Gasteiger charge is -2.31. The third kappa shape index (κ3) is 4.46. The summed E-state index contributed by atoms with van der Waals surface area (Å²) in [5.41, 5.74) is 4.02. The molecule has 29 heavy (non-hydrogen) atoms. The first-order valence-corrected chi connectivity index (χ1v) is 10.0. The Morgan fingerprint density at radius 1 is 1.21 bits per heavy atom. The minimum absolute atomic E-state index is 0.128. The van der Waals surface area contributed by atoms with Gasteiger partial charge in [0, 0.05) is 38.3 Å². The molecule has 4 rings (SSSR count). The van der Waals surface area contributed by atoms with Gasteiger partial charge in [0.2, 0.25) is 5.91 Å². The molecule has 1 saturated heterocycles. The fraction of sp³-hybridized carbons (Fsp3) is 0.409. The Morgan fingerprint density at radius 2 is 1.97 bits per heavy atom. The number of hydrogen-bond donors (Lipinski definition) is 1. The molecule has 152 valence electrons. The number of aryl methyl sites for hydroxylation is 2. The largest absolute Gasteiger partial charge is 0.378 e. The maximum atomic E-state index is 13.2. The van der Waals surface area contributed by atoms with Gasteiger partial charge in [-0.2, -0.15) is 5.10 Å². The first-order valence-electron chi connectivity index (χ1n) is 10.0. The van der Waals surface area contributed by atoms with Crippen molar-refractivity contribution in [2.75, 3.05) is 26.3 Å². The first kappa shape index (κ1) is 19.5. The Hall–Kier alpha value is -2.77. The molecule has 3 aromatic rings. The van der Waals surface area contributed by atoms with Crippen molar-refractivity contribution in [1.29, 1.82) is 0 Å². The molecule has 0 aliphatic carbocycles. The predicted molar refractivity (Wildman–Crippen MR) is 111 cm³/mol. The van der Waals surface area contributed by atoms with E-state index in [-0.39, 0.29) is 11.9 Å². The highest BCUT2D eigenvalue weighted by molar-refractivity contribution is 5.82. The summed E-state index contributed by atoms with van der Waals surface area (Å²) in [6, 6.07) is 12.0. The molecule has 1 N–H and O–H groups in total. The van der Waals surface area contributed by atoms with E-state index in [2.05, 4.69) is 33.6 Å². The Kier molecular flexibility index (Phi) is 5.87. The summed E-state index contributed by atoms with van der Waals surface area (Å²) in [4.78, 5) is 19.6. The number of amides is 1. The molecule has 3 heterocycles. The molecule has 0 saturated carbocycles. The number of nitrogens with zero attached hydrogens (tertiary/aromatic N) is 4. The minimum atomic E-state index is -0.291. The fourth-order valence-corrected chi connectivity index (χ4v) is 3.79. The summed E-state index contributed by atoms with van der Waals surface area (Å²) in [6.45, 7) is 5.06. The number of rotatable bonds is 6. The molecule has 0 radical (unpaired) electrons. The number of aromatic nitrogens is 3. The average molecular weight is 393 g/mol. The molecule has 2 aromatic heterocycles. The Balaban J connectivity index is 1.51. The van der Waals surface area contributed by atoms with Crippen LogP contribution in [-0.4, -0.2) is 57.9 Å². The SMILES string of the molecule is Cc1nn(C)c2ncc(CNC(Cc3ccccc3)C(=O)N3CCOCC3)cc12. The number of hydrogen-bond acceptors (Lipinski definition) is 5. The Labute approximate surface area is 170 Å². The highest BCUT2D eigenvalue weighted by Gasteiger charge is 2.25. The third-order valence-corrected chi connectivity index (χ3v) is 5.38. The number of carbonyl (C=O) groups is 1. The van der Waals surface area contributed by atoms with Gasteiger partial charge in [-0.05, 0) is 30.5 Å². The molecule has 1 aliphatic rings. The van der Waals surface area contributed by atoms with Crippen molar-refractivity contribution in [2.45, 2.75) is 25.9 Å². The Morgan fingerprint density at radius 3 is 2.72 bits per heavy atom. The van der Waals surface area contributed by atoms with Gasteiger partial charge in [0.25, 0.3) is 0 Å². The topological polar surface area (TPSA) is 72.3 Å². The molecule has 7 nitrogen and oxygen atoms in total. The molecule has 1 fully saturated rings. The molecule has 1 aliphatic heterocycles. The van der Waals surface area contributed by atoms with E-state index in [9.17, 15) is 4.79 Å². The lowest BCUT2D eigenvalue weighted by molar-refractivity contribution is -0.137. The van der Waals surface area contributed by atoms with E-state index in [1.807, 2.05) is 43.3 Å². The van der Waals surface area contributed by atoms with E-state index in [1.54, 1.807) is 4.68 Å². The van der Waals surface area contributed by atoms with Crippen molar-refractivity contribution in [1.82, 2.24) is 25.0 Å². The van der Waals surface area contributed by atoms with E-state index in [0.29, 0.717) is 39.3 Å². The van der Waals surface area contributed by atoms with Gasteiger partial charge in [-0.3, -0.25) is 9.48 Å². The van der Waals surface area contributed by atoms with E-state index >= 15 is 0 Å². The van der Waals surface area contributed by atoms with Gasteiger partial charge in [0.1, 0.15) is 0 Å². The van der Waals surface area contributed by atoms with Gasteiger partial charge in [0.15, 0.2) is 5.65 Å². The van der Waals surface area contributed by atoms with Crippen LogP contribution in [0.25, 0.3) is 11.0 Å². The van der Waals surface area contributed by atoms with Gasteiger partial charge in [-0.25, -0.2) is 4.98 Å². The molecule has 1 amide bonds. The van der Waals surface area contributed by atoms with Gasteiger partial charge in [-0.1, -0.05) is 30.3 Å². The summed E-state index contributed by atoms with van der Waals surface area (Å²) in [6.07, 6.45) is 2.51. The zero-order valence-corrected chi connectivity index (χ0v) is 17.0. The molecule has 1 aromatic carbocycles. The average Bonchev–Trinajstić information content (AvgIpc) is 3.05. The number of fused-ring (bicyclic) bond motifs is 1. The number of morpholine rings is 1. The van der Waals surface area contributed by atoms with E-state index in [0.717, 1.165) is 27.9 Å². The second kappa shape index (κ2) is 8.71. The van der Waals surface area contributed by atoms with Crippen LogP contribution in [0.5, 0.6) is 0 Å². The standard InChI is InChI=1S/C22H27N5O2/c1-16-19-12-18(15-24-21(19)26(2)25-16)14-23-20(13-17-6-4-3-5-7-17)22(28)27-8-10-29-11-9-27/h3-7,12,15,20,23H,8-11,13-14H2,1-2H3. The highest BCUT2D eigenvalue weighted by Crippen LogP contribution is 2.17. The molecule has 0 spiro atoms. The van der Waals surface area contributed by atoms with Crippen LogP contribution in [-0.2, 0) is 29.5 Å². The fourth-order valence-electron chi connectivity index (χ4n) is 3.79. The van der Waals surface area contributed by atoms with Crippen LogP contribution in [0.1, 0.15) is 16.8 Å². The van der Waals surface area contributed by atoms with Crippen molar-refractivity contribution < 1.29 is 9.53 Å². The van der Waals surface area contributed by atoms with Gasteiger partial charge >= 0.3 is 0 Å². The zero-order valence-electron chi connectivity index (χ0n) is 17.0. The van der Waals surface area contributed by atoms with Gasteiger partial charge in [-0.15, -0.1) is 0 Å². The number of carbonyl (C=O) groups excluding carboxylic acids is 1. The van der Waals surface area contributed by atoms with E-state index in [1.165, 1.54) is 0 Å². The van der Waals surface area contributed by atoms with Crippen LogP contribution in [0.4, 0.5) is 0 Å². The Bertz CT molecular complexity index is 980. The summed E-state index contributed by atoms with van der Waals surface area (Å²) in [5, 5.41) is 8.95.